The summed E-state index contributed by atoms with van der Waals surface area (Å²) in [7, 11) is 6.47. The molecule has 0 fully saturated rings. The summed E-state index contributed by atoms with van der Waals surface area (Å²) < 4.78 is 5.93. The highest BCUT2D eigenvalue weighted by Gasteiger charge is 2.20. The van der Waals surface area contributed by atoms with Crippen molar-refractivity contribution in [2.24, 2.45) is 28.2 Å². The van der Waals surface area contributed by atoms with E-state index < -0.39 is 23.7 Å². The highest BCUT2D eigenvalue weighted by molar-refractivity contribution is 6.07. The van der Waals surface area contributed by atoms with Crippen molar-refractivity contribution in [3.8, 4) is 0 Å². The highest BCUT2D eigenvalue weighted by atomic mass is 16.4. The third kappa shape index (κ3) is 5.07. The molecule has 14 nitrogen and oxygen atoms in total. The fourth-order valence-corrected chi connectivity index (χ4v) is 3.82. The van der Waals surface area contributed by atoms with Gasteiger partial charge >= 0.3 is 5.97 Å². The van der Waals surface area contributed by atoms with Crippen LogP contribution in [0.2, 0.25) is 0 Å². The monoisotopic (exact) mass is 507 g/mol. The number of nitrogens with one attached hydrogen (secondary N) is 3. The summed E-state index contributed by atoms with van der Waals surface area (Å²) >= 11 is 0. The standard InChI is InChI=1S/C23H25N9O5/c1-29-8-12(24)5-15(29)21(34)28-18-11-32(4)19(27-18)22(35)26-13-6-16(30(2)9-13)20(33)25-14-7-17(23(36)37)31(3)10-14/h5-11H,24H2,1-4H3,(H,25,33)(H,26,35)(H,28,34)(H,36,37). The lowest BCUT2D eigenvalue weighted by atomic mass is 10.3. The van der Waals surface area contributed by atoms with Crippen molar-refractivity contribution in [1.29, 1.82) is 0 Å². The number of anilines is 4. The van der Waals surface area contributed by atoms with Gasteiger partial charge in [0.15, 0.2) is 5.82 Å². The number of aromatic carboxylic acids is 1. The molecule has 0 aliphatic rings. The Morgan fingerprint density at radius 2 is 1.22 bits per heavy atom. The number of imidazole rings is 1. The van der Waals surface area contributed by atoms with Crippen LogP contribution in [0.25, 0.3) is 0 Å². The lowest BCUT2D eigenvalue weighted by Gasteiger charge is -2.03. The zero-order chi connectivity index (χ0) is 27.0. The average Bonchev–Trinajstić information content (AvgIpc) is 3.54. The van der Waals surface area contributed by atoms with Crippen molar-refractivity contribution in [3.05, 3.63) is 65.9 Å². The van der Waals surface area contributed by atoms with Gasteiger partial charge in [0.1, 0.15) is 17.1 Å². The Labute approximate surface area is 210 Å². The first-order chi connectivity index (χ1) is 17.4. The topological polar surface area (TPSA) is 183 Å². The molecule has 4 aromatic heterocycles. The summed E-state index contributed by atoms with van der Waals surface area (Å²) in [6.07, 6.45) is 6.13. The van der Waals surface area contributed by atoms with Crippen LogP contribution in [0.5, 0.6) is 0 Å². The number of hydrogen-bond donors (Lipinski definition) is 5. The largest absolute Gasteiger partial charge is 0.477 e. The quantitative estimate of drug-likeness (QED) is 0.251. The molecule has 0 atom stereocenters. The van der Waals surface area contributed by atoms with E-state index in [0.717, 1.165) is 0 Å². The molecule has 0 aliphatic heterocycles. The van der Waals surface area contributed by atoms with Gasteiger partial charge in [-0.05, 0) is 18.2 Å². The van der Waals surface area contributed by atoms with Gasteiger partial charge in [0.25, 0.3) is 17.7 Å². The minimum absolute atomic E-state index is 0.0218. The molecule has 6 N–H and O–H groups in total. The van der Waals surface area contributed by atoms with Gasteiger partial charge in [0, 0.05) is 53.0 Å². The van der Waals surface area contributed by atoms with Gasteiger partial charge in [-0.1, -0.05) is 0 Å². The summed E-state index contributed by atoms with van der Waals surface area (Å²) in [5.74, 6) is -2.40. The second kappa shape index (κ2) is 9.41. The second-order valence-corrected chi connectivity index (χ2v) is 8.45. The Hall–Kier alpha value is -5.27. The first-order valence-corrected chi connectivity index (χ1v) is 10.9. The number of carbonyl (C=O) groups is 4. The Balaban J connectivity index is 1.44. The third-order valence-electron chi connectivity index (χ3n) is 5.56. The van der Waals surface area contributed by atoms with E-state index in [1.807, 2.05) is 0 Å². The molecule has 0 bridgehead atoms. The van der Waals surface area contributed by atoms with Crippen molar-refractivity contribution < 1.29 is 24.3 Å². The van der Waals surface area contributed by atoms with Gasteiger partial charge in [0.05, 0.1) is 17.1 Å². The number of nitrogens with two attached hydrogens (primary N) is 1. The zero-order valence-electron chi connectivity index (χ0n) is 20.4. The molecule has 0 saturated heterocycles. The molecule has 0 spiro atoms. The maximum absolute atomic E-state index is 12.9. The van der Waals surface area contributed by atoms with E-state index in [1.165, 1.54) is 44.3 Å². The molecular weight excluding hydrogens is 482 g/mol. The van der Waals surface area contributed by atoms with Gasteiger partial charge in [-0.15, -0.1) is 0 Å². The first kappa shape index (κ1) is 24.8. The number of carboxylic acids is 1. The van der Waals surface area contributed by atoms with Crippen molar-refractivity contribution in [1.82, 2.24) is 23.3 Å². The van der Waals surface area contributed by atoms with E-state index in [1.54, 1.807) is 45.2 Å². The number of carbonyl (C=O) groups excluding carboxylic acids is 3. The summed E-state index contributed by atoms with van der Waals surface area (Å²) in [4.78, 5) is 53.5. The number of amides is 3. The number of aromatic nitrogens is 5. The van der Waals surface area contributed by atoms with E-state index in [9.17, 15) is 24.3 Å². The van der Waals surface area contributed by atoms with Crippen LogP contribution in [0.15, 0.2) is 43.0 Å². The number of rotatable bonds is 7. The van der Waals surface area contributed by atoms with Crippen LogP contribution in [0.1, 0.15) is 42.1 Å². The zero-order valence-corrected chi connectivity index (χ0v) is 20.4. The maximum atomic E-state index is 12.9. The van der Waals surface area contributed by atoms with Gasteiger partial charge in [0.2, 0.25) is 5.82 Å². The smallest absolute Gasteiger partial charge is 0.352 e. The van der Waals surface area contributed by atoms with E-state index >= 15 is 0 Å². The molecule has 4 rings (SSSR count). The van der Waals surface area contributed by atoms with E-state index in [0.29, 0.717) is 22.8 Å². The van der Waals surface area contributed by atoms with Crippen molar-refractivity contribution in [2.75, 3.05) is 21.7 Å². The van der Waals surface area contributed by atoms with E-state index in [2.05, 4.69) is 20.9 Å². The summed E-state index contributed by atoms with van der Waals surface area (Å²) in [5.41, 5.74) is 7.40. The molecule has 0 radical (unpaired) electrons. The van der Waals surface area contributed by atoms with Crippen molar-refractivity contribution in [3.63, 3.8) is 0 Å². The van der Waals surface area contributed by atoms with Crippen LogP contribution in [0.4, 0.5) is 22.9 Å². The summed E-state index contributed by atoms with van der Waals surface area (Å²) in [5, 5.41) is 17.1. The van der Waals surface area contributed by atoms with Gasteiger partial charge in [-0.2, -0.15) is 0 Å². The lowest BCUT2D eigenvalue weighted by Crippen LogP contribution is -2.17. The van der Waals surface area contributed by atoms with E-state index in [-0.39, 0.29) is 23.0 Å². The molecule has 192 valence electrons. The molecule has 4 aromatic rings. The normalized spacial score (nSPS) is 10.8. The number of hydrogen-bond acceptors (Lipinski definition) is 6. The van der Waals surface area contributed by atoms with Crippen LogP contribution in [-0.4, -0.2) is 52.0 Å². The first-order valence-electron chi connectivity index (χ1n) is 10.9. The molecule has 14 heteroatoms. The minimum atomic E-state index is -1.12. The SMILES string of the molecule is Cn1cc(NC(=O)c2cc(NC(=O)c3nc(NC(=O)c4cc(N)cn4C)cn3C)cn2C)cc1C(=O)O. The molecule has 0 aliphatic carbocycles. The number of carboxylic acid groups (broad SMARTS) is 1. The molecule has 0 unspecified atom stereocenters. The average molecular weight is 508 g/mol. The van der Waals surface area contributed by atoms with Crippen molar-refractivity contribution in [2.45, 2.75) is 0 Å². The number of aryl methyl sites for hydroxylation is 4. The Morgan fingerprint density at radius 1 is 0.703 bits per heavy atom. The third-order valence-corrected chi connectivity index (χ3v) is 5.56. The van der Waals surface area contributed by atoms with Gasteiger partial charge in [-0.25, -0.2) is 9.78 Å². The fourth-order valence-electron chi connectivity index (χ4n) is 3.82. The second-order valence-electron chi connectivity index (χ2n) is 8.45. The molecule has 4 heterocycles. The molecule has 0 saturated carbocycles. The van der Waals surface area contributed by atoms with E-state index in [4.69, 9.17) is 5.73 Å². The molecule has 0 aromatic carbocycles. The number of nitrogen functional groups attached to an aromatic ring is 1. The highest BCUT2D eigenvalue weighted by Crippen LogP contribution is 2.19. The van der Waals surface area contributed by atoms with Crippen molar-refractivity contribution >= 4 is 46.6 Å². The Kier molecular flexibility index (Phi) is 6.32. The predicted octanol–water partition coefficient (Wildman–Crippen LogP) is 1.47. The van der Waals surface area contributed by atoms with Gasteiger partial charge < -0.3 is 45.1 Å². The summed E-state index contributed by atoms with van der Waals surface area (Å²) in [6.45, 7) is 0. The maximum Gasteiger partial charge on any atom is 0.352 e. The Morgan fingerprint density at radius 3 is 1.78 bits per heavy atom. The molecule has 37 heavy (non-hydrogen) atoms. The van der Waals surface area contributed by atoms with Crippen LogP contribution in [0.3, 0.4) is 0 Å². The molecule has 3 amide bonds. The fraction of sp³-hybridized carbons (Fsp3) is 0.174. The van der Waals surface area contributed by atoms with Crippen LogP contribution < -0.4 is 21.7 Å². The van der Waals surface area contributed by atoms with Crippen LogP contribution >= 0.6 is 0 Å². The Bertz CT molecular complexity index is 1550. The molecular formula is C23H25N9O5. The summed E-state index contributed by atoms with van der Waals surface area (Å²) in [6, 6.07) is 4.34. The predicted molar refractivity (Wildman–Crippen MR) is 135 cm³/mol. The lowest BCUT2D eigenvalue weighted by molar-refractivity contribution is 0.0685. The van der Waals surface area contributed by atoms with Crippen LogP contribution in [-0.2, 0) is 28.2 Å². The van der Waals surface area contributed by atoms with Crippen LogP contribution in [0, 0.1) is 0 Å². The van der Waals surface area contributed by atoms with Gasteiger partial charge in [-0.3, -0.25) is 14.4 Å². The minimum Gasteiger partial charge on any atom is -0.477 e. The number of nitrogens with zero attached hydrogens (tertiary/aromatic N) is 5.